The lowest BCUT2D eigenvalue weighted by molar-refractivity contribution is -0.121. The van der Waals surface area contributed by atoms with E-state index in [0.717, 1.165) is 22.6 Å². The molecule has 3 aromatic rings. The number of aromatic nitrogens is 1. The summed E-state index contributed by atoms with van der Waals surface area (Å²) in [6, 6.07) is 12.9. The Morgan fingerprint density at radius 3 is 2.60 bits per heavy atom. The van der Waals surface area contributed by atoms with Gasteiger partial charge in [-0.05, 0) is 47.9 Å². The number of rotatable bonds is 6. The maximum atomic E-state index is 12.0. The fraction of sp³-hybridized carbons (Fsp3) is 0.158. The number of aryl methyl sites for hydroxylation is 1. The molecule has 0 saturated heterocycles. The summed E-state index contributed by atoms with van der Waals surface area (Å²) >= 11 is 11.9. The van der Waals surface area contributed by atoms with Crippen LogP contribution in [0.2, 0.25) is 10.0 Å². The molecule has 0 atom stereocenters. The summed E-state index contributed by atoms with van der Waals surface area (Å²) in [4.78, 5) is 16.3. The highest BCUT2D eigenvalue weighted by molar-refractivity contribution is 6.42. The van der Waals surface area contributed by atoms with Crippen LogP contribution in [0.1, 0.15) is 17.5 Å². The molecule has 0 aliphatic carbocycles. The Hall–Kier alpha value is -2.30. The van der Waals surface area contributed by atoms with Crippen LogP contribution in [0.5, 0.6) is 0 Å². The number of hydrogen-bond acceptors (Lipinski definition) is 3. The second kappa shape index (κ2) is 8.19. The van der Waals surface area contributed by atoms with E-state index in [4.69, 9.17) is 27.6 Å². The van der Waals surface area contributed by atoms with Gasteiger partial charge in [-0.2, -0.15) is 0 Å². The topological polar surface area (TPSA) is 55.1 Å². The summed E-state index contributed by atoms with van der Waals surface area (Å²) in [5.41, 5.74) is 2.67. The van der Waals surface area contributed by atoms with Crippen molar-refractivity contribution in [1.82, 2.24) is 10.3 Å². The molecule has 2 heterocycles. The van der Waals surface area contributed by atoms with Crippen LogP contribution in [0.25, 0.3) is 11.5 Å². The molecule has 1 amide bonds. The predicted octanol–water partition coefficient (Wildman–Crippen LogP) is 4.90. The molecule has 2 aromatic heterocycles. The number of halogens is 2. The monoisotopic (exact) mass is 374 g/mol. The van der Waals surface area contributed by atoms with E-state index in [1.165, 1.54) is 0 Å². The highest BCUT2D eigenvalue weighted by atomic mass is 35.5. The van der Waals surface area contributed by atoms with Gasteiger partial charge < -0.3 is 9.73 Å². The lowest BCUT2D eigenvalue weighted by Crippen LogP contribution is -2.23. The molecule has 4 nitrogen and oxygen atoms in total. The van der Waals surface area contributed by atoms with Gasteiger partial charge in [0.1, 0.15) is 5.69 Å². The maximum Gasteiger partial charge on any atom is 0.220 e. The maximum absolute atomic E-state index is 12.0. The summed E-state index contributed by atoms with van der Waals surface area (Å²) in [5.74, 6) is 0.693. The molecule has 0 aliphatic heterocycles. The molecule has 3 rings (SSSR count). The average molecular weight is 375 g/mol. The van der Waals surface area contributed by atoms with Crippen LogP contribution in [0.4, 0.5) is 0 Å². The van der Waals surface area contributed by atoms with Crippen molar-refractivity contribution in [3.05, 3.63) is 76.1 Å². The zero-order valence-electron chi connectivity index (χ0n) is 13.3. The first-order valence-corrected chi connectivity index (χ1v) is 8.57. The molecule has 1 N–H and O–H groups in total. The van der Waals surface area contributed by atoms with E-state index < -0.39 is 0 Å². The molecule has 0 bridgehead atoms. The van der Waals surface area contributed by atoms with Gasteiger partial charge in [-0.3, -0.25) is 9.78 Å². The normalized spacial score (nSPS) is 10.6. The van der Waals surface area contributed by atoms with E-state index in [0.29, 0.717) is 29.4 Å². The highest BCUT2D eigenvalue weighted by Crippen LogP contribution is 2.23. The lowest BCUT2D eigenvalue weighted by atomic mass is 10.1. The Morgan fingerprint density at radius 2 is 1.92 bits per heavy atom. The number of benzene rings is 1. The van der Waals surface area contributed by atoms with Crippen LogP contribution >= 0.6 is 23.2 Å². The van der Waals surface area contributed by atoms with Gasteiger partial charge >= 0.3 is 0 Å². The molecule has 1 aromatic carbocycles. The number of nitrogens with zero attached hydrogens (tertiary/aromatic N) is 1. The summed E-state index contributed by atoms with van der Waals surface area (Å²) in [6.45, 7) is 0.436. The van der Waals surface area contributed by atoms with E-state index >= 15 is 0 Å². The van der Waals surface area contributed by atoms with Crippen LogP contribution < -0.4 is 5.32 Å². The van der Waals surface area contributed by atoms with Crippen LogP contribution in [0, 0.1) is 0 Å². The summed E-state index contributed by atoms with van der Waals surface area (Å²) in [5, 5.41) is 3.90. The van der Waals surface area contributed by atoms with Crippen molar-refractivity contribution < 1.29 is 9.21 Å². The van der Waals surface area contributed by atoms with Gasteiger partial charge in [-0.15, -0.1) is 0 Å². The smallest absolute Gasteiger partial charge is 0.220 e. The first-order valence-electron chi connectivity index (χ1n) is 7.81. The number of nitrogens with one attached hydrogen (secondary N) is 1. The molecule has 0 radical (unpaired) electrons. The molecule has 0 fully saturated rings. The second-order valence-electron chi connectivity index (χ2n) is 5.55. The van der Waals surface area contributed by atoms with Crippen molar-refractivity contribution in [2.45, 2.75) is 19.4 Å². The van der Waals surface area contributed by atoms with E-state index in [-0.39, 0.29) is 5.91 Å². The number of hydrogen-bond donors (Lipinski definition) is 1. The molecule has 0 saturated carbocycles. The van der Waals surface area contributed by atoms with Crippen molar-refractivity contribution in [3.8, 4) is 11.5 Å². The van der Waals surface area contributed by atoms with E-state index in [2.05, 4.69) is 10.3 Å². The minimum Gasteiger partial charge on any atom is -0.463 e. The number of amides is 1. The Bertz CT molecular complexity index is 846. The van der Waals surface area contributed by atoms with Gasteiger partial charge in [-0.1, -0.05) is 35.3 Å². The van der Waals surface area contributed by atoms with Gasteiger partial charge in [0, 0.05) is 19.2 Å². The summed E-state index contributed by atoms with van der Waals surface area (Å²) in [7, 11) is 0. The van der Waals surface area contributed by atoms with Crippen LogP contribution in [0.15, 0.2) is 59.3 Å². The van der Waals surface area contributed by atoms with Crippen molar-refractivity contribution in [1.29, 1.82) is 0 Å². The van der Waals surface area contributed by atoms with Gasteiger partial charge in [-0.25, -0.2) is 0 Å². The van der Waals surface area contributed by atoms with Crippen molar-refractivity contribution in [2.75, 3.05) is 0 Å². The zero-order valence-corrected chi connectivity index (χ0v) is 14.8. The zero-order chi connectivity index (χ0) is 17.6. The molecule has 0 unspecified atom stereocenters. The summed E-state index contributed by atoms with van der Waals surface area (Å²) < 4.78 is 5.30. The third kappa shape index (κ3) is 4.84. The van der Waals surface area contributed by atoms with Gasteiger partial charge in [0.05, 0.1) is 16.3 Å². The Kier molecular flexibility index (Phi) is 5.74. The van der Waals surface area contributed by atoms with E-state index in [1.807, 2.05) is 30.3 Å². The summed E-state index contributed by atoms with van der Waals surface area (Å²) in [6.07, 6.45) is 4.34. The number of carbonyl (C=O) groups is 1. The Balaban J connectivity index is 1.48. The molecule has 0 spiro atoms. The molecular formula is C19H16Cl2N2O2. The second-order valence-corrected chi connectivity index (χ2v) is 6.37. The van der Waals surface area contributed by atoms with Crippen LogP contribution in [-0.2, 0) is 17.8 Å². The molecule has 128 valence electrons. The third-order valence-corrected chi connectivity index (χ3v) is 4.45. The molecule has 6 heteroatoms. The van der Waals surface area contributed by atoms with Crippen molar-refractivity contribution >= 4 is 29.1 Å². The SMILES string of the molecule is O=C(CCc1ccc(Cl)c(Cl)c1)NCc1ccc(-c2ccco2)nc1. The van der Waals surface area contributed by atoms with Gasteiger partial charge in [0.2, 0.25) is 5.91 Å². The fourth-order valence-electron chi connectivity index (χ4n) is 2.34. The largest absolute Gasteiger partial charge is 0.463 e. The molecule has 0 aliphatic rings. The number of furan rings is 1. The van der Waals surface area contributed by atoms with Crippen LogP contribution in [0.3, 0.4) is 0 Å². The quantitative estimate of drug-likeness (QED) is 0.667. The Morgan fingerprint density at radius 1 is 1.08 bits per heavy atom. The van der Waals surface area contributed by atoms with Gasteiger partial charge in [0.15, 0.2) is 5.76 Å². The molecule has 25 heavy (non-hydrogen) atoms. The van der Waals surface area contributed by atoms with E-state index in [9.17, 15) is 4.79 Å². The third-order valence-electron chi connectivity index (χ3n) is 3.71. The minimum atomic E-state index is -0.0267. The lowest BCUT2D eigenvalue weighted by Gasteiger charge is -2.06. The van der Waals surface area contributed by atoms with Crippen molar-refractivity contribution in [2.24, 2.45) is 0 Å². The first-order chi connectivity index (χ1) is 12.1. The number of carbonyl (C=O) groups excluding carboxylic acids is 1. The molecular weight excluding hydrogens is 359 g/mol. The highest BCUT2D eigenvalue weighted by Gasteiger charge is 2.06. The Labute approximate surface area is 155 Å². The fourth-order valence-corrected chi connectivity index (χ4v) is 2.66. The van der Waals surface area contributed by atoms with E-state index in [1.54, 1.807) is 24.6 Å². The predicted molar refractivity (Wildman–Crippen MR) is 98.6 cm³/mol. The average Bonchev–Trinajstić information content (AvgIpc) is 3.16. The first kappa shape index (κ1) is 17.5. The number of pyridine rings is 1. The minimum absolute atomic E-state index is 0.0267. The standard InChI is InChI=1S/C19H16Cl2N2O2/c20-15-6-3-13(10-16(15)21)5-8-19(24)23-12-14-4-7-17(22-11-14)18-2-1-9-25-18/h1-4,6-7,9-11H,5,8,12H2,(H,23,24). The van der Waals surface area contributed by atoms with Crippen LogP contribution in [-0.4, -0.2) is 10.9 Å². The van der Waals surface area contributed by atoms with Crippen molar-refractivity contribution in [3.63, 3.8) is 0 Å². The van der Waals surface area contributed by atoms with Gasteiger partial charge in [0.25, 0.3) is 0 Å².